The van der Waals surface area contributed by atoms with Crippen LogP contribution in [0.4, 0.5) is 0 Å². The van der Waals surface area contributed by atoms with Gasteiger partial charge in [-0.05, 0) is 24.5 Å². The Morgan fingerprint density at radius 2 is 1.82 bits per heavy atom. The number of nitrogens with two attached hydrogens (primary N) is 1. The van der Waals surface area contributed by atoms with Crippen molar-refractivity contribution in [2.24, 2.45) is 18.7 Å². The molecule has 1 aliphatic heterocycles. The highest BCUT2D eigenvalue weighted by atomic mass is 32.2. The van der Waals surface area contributed by atoms with Crippen LogP contribution in [0.3, 0.4) is 0 Å². The summed E-state index contributed by atoms with van der Waals surface area (Å²) in [5.41, 5.74) is 6.41. The highest BCUT2D eigenvalue weighted by molar-refractivity contribution is 7.89. The third kappa shape index (κ3) is 4.26. The zero-order chi connectivity index (χ0) is 20.3. The summed E-state index contributed by atoms with van der Waals surface area (Å²) in [5.74, 6) is -0.957. The number of hydrogen-bond donors (Lipinski definition) is 2. The number of nitrogens with one attached hydrogen (secondary N) is 1. The molecule has 150 valence electrons. The number of nitrogens with zero attached hydrogens (tertiary/aromatic N) is 2. The molecule has 1 fully saturated rings. The van der Waals surface area contributed by atoms with Crippen molar-refractivity contribution in [3.8, 4) is 0 Å². The maximum Gasteiger partial charge on any atom is 0.265 e. The van der Waals surface area contributed by atoms with Gasteiger partial charge in [-0.2, -0.15) is 4.31 Å². The molecule has 1 aromatic heterocycles. The van der Waals surface area contributed by atoms with Crippen LogP contribution in [0.15, 0.2) is 47.5 Å². The van der Waals surface area contributed by atoms with Crippen molar-refractivity contribution < 1.29 is 18.0 Å². The molecule has 2 aromatic rings. The van der Waals surface area contributed by atoms with Gasteiger partial charge in [0.25, 0.3) is 5.91 Å². The van der Waals surface area contributed by atoms with Gasteiger partial charge in [0.05, 0.1) is 0 Å². The van der Waals surface area contributed by atoms with Gasteiger partial charge in [0, 0.05) is 38.8 Å². The van der Waals surface area contributed by atoms with Crippen molar-refractivity contribution in [2.45, 2.75) is 24.3 Å². The standard InChI is InChI=1S/C19H24N4O4S/c1-22-13-16(11-17(22)18(20)24)28(26,27)23-9-7-15(8-10-23)19(25)21-12-14-5-3-2-4-6-14/h2-6,11,13,15H,7-10,12H2,1H3,(H2,20,24)(H,21,25). The lowest BCUT2D eigenvalue weighted by Gasteiger charge is -2.30. The van der Waals surface area contributed by atoms with Crippen molar-refractivity contribution in [3.63, 3.8) is 0 Å². The smallest absolute Gasteiger partial charge is 0.265 e. The molecule has 0 atom stereocenters. The molecule has 8 nitrogen and oxygen atoms in total. The molecule has 3 N–H and O–H groups in total. The number of primary amides is 1. The Bertz CT molecular complexity index is 961. The van der Waals surface area contributed by atoms with Crippen LogP contribution in [-0.2, 0) is 28.4 Å². The summed E-state index contributed by atoms with van der Waals surface area (Å²) in [4.78, 5) is 23.8. The fourth-order valence-electron chi connectivity index (χ4n) is 3.36. The Labute approximate surface area is 164 Å². The maximum absolute atomic E-state index is 12.8. The van der Waals surface area contributed by atoms with E-state index < -0.39 is 15.9 Å². The highest BCUT2D eigenvalue weighted by Crippen LogP contribution is 2.25. The van der Waals surface area contributed by atoms with E-state index in [1.54, 1.807) is 7.05 Å². The molecule has 28 heavy (non-hydrogen) atoms. The number of carbonyl (C=O) groups is 2. The van der Waals surface area contributed by atoms with Gasteiger partial charge in [-0.15, -0.1) is 0 Å². The van der Waals surface area contributed by atoms with Crippen LogP contribution >= 0.6 is 0 Å². The summed E-state index contributed by atoms with van der Waals surface area (Å²) in [6.07, 6.45) is 2.29. The summed E-state index contributed by atoms with van der Waals surface area (Å²) < 4.78 is 28.4. The van der Waals surface area contributed by atoms with Crippen molar-refractivity contribution in [2.75, 3.05) is 13.1 Å². The number of carbonyl (C=O) groups excluding carboxylic acids is 2. The number of rotatable bonds is 6. The fraction of sp³-hybridized carbons (Fsp3) is 0.368. The number of aromatic nitrogens is 1. The van der Waals surface area contributed by atoms with Crippen molar-refractivity contribution in [1.82, 2.24) is 14.2 Å². The Morgan fingerprint density at radius 1 is 1.18 bits per heavy atom. The molecule has 2 heterocycles. The Morgan fingerprint density at radius 3 is 2.39 bits per heavy atom. The van der Waals surface area contributed by atoms with Gasteiger partial charge in [0.2, 0.25) is 15.9 Å². The first kappa shape index (κ1) is 20.1. The normalized spacial score (nSPS) is 16.0. The van der Waals surface area contributed by atoms with Crippen LogP contribution in [0.2, 0.25) is 0 Å². The molecule has 0 saturated carbocycles. The molecular formula is C19H24N4O4S. The number of hydrogen-bond acceptors (Lipinski definition) is 4. The van der Waals surface area contributed by atoms with E-state index in [1.807, 2.05) is 30.3 Å². The molecule has 0 aliphatic carbocycles. The highest BCUT2D eigenvalue weighted by Gasteiger charge is 2.33. The number of amides is 2. The lowest BCUT2D eigenvalue weighted by Crippen LogP contribution is -2.42. The number of sulfonamides is 1. The average Bonchev–Trinajstić information content (AvgIpc) is 3.10. The van der Waals surface area contributed by atoms with E-state index >= 15 is 0 Å². The third-order valence-electron chi connectivity index (χ3n) is 5.00. The predicted molar refractivity (Wildman–Crippen MR) is 104 cm³/mol. The van der Waals surface area contributed by atoms with E-state index in [2.05, 4.69) is 5.32 Å². The first-order valence-electron chi connectivity index (χ1n) is 9.07. The lowest BCUT2D eigenvalue weighted by molar-refractivity contribution is -0.126. The van der Waals surface area contributed by atoms with Gasteiger partial charge in [0.1, 0.15) is 10.6 Å². The van der Waals surface area contributed by atoms with Gasteiger partial charge in [-0.25, -0.2) is 8.42 Å². The zero-order valence-electron chi connectivity index (χ0n) is 15.7. The lowest BCUT2D eigenvalue weighted by atomic mass is 9.97. The summed E-state index contributed by atoms with van der Waals surface area (Å²) in [6, 6.07) is 10.9. The van der Waals surface area contributed by atoms with E-state index in [4.69, 9.17) is 5.73 Å². The predicted octanol–water partition coefficient (Wildman–Crippen LogP) is 0.841. The molecule has 0 bridgehead atoms. The first-order valence-corrected chi connectivity index (χ1v) is 10.5. The SMILES string of the molecule is Cn1cc(S(=O)(=O)N2CCC(C(=O)NCc3ccccc3)CC2)cc1C(N)=O. The van der Waals surface area contributed by atoms with E-state index in [0.29, 0.717) is 19.4 Å². The van der Waals surface area contributed by atoms with Crippen LogP contribution in [0.5, 0.6) is 0 Å². The fourth-order valence-corrected chi connectivity index (χ4v) is 4.90. The molecule has 2 amide bonds. The van der Waals surface area contributed by atoms with Crippen molar-refractivity contribution in [1.29, 1.82) is 0 Å². The number of benzene rings is 1. The maximum atomic E-state index is 12.8. The topological polar surface area (TPSA) is 114 Å². The molecule has 0 unspecified atom stereocenters. The second kappa shape index (κ2) is 8.15. The van der Waals surface area contributed by atoms with Crippen LogP contribution in [0.1, 0.15) is 28.9 Å². The zero-order valence-corrected chi connectivity index (χ0v) is 16.5. The third-order valence-corrected chi connectivity index (χ3v) is 6.87. The van der Waals surface area contributed by atoms with Crippen molar-refractivity contribution in [3.05, 3.63) is 53.9 Å². The van der Waals surface area contributed by atoms with Gasteiger partial charge < -0.3 is 15.6 Å². The van der Waals surface area contributed by atoms with E-state index in [0.717, 1.165) is 5.56 Å². The van der Waals surface area contributed by atoms with Gasteiger partial charge in [-0.3, -0.25) is 9.59 Å². The molecule has 1 saturated heterocycles. The monoisotopic (exact) mass is 404 g/mol. The van der Waals surface area contributed by atoms with Crippen LogP contribution in [-0.4, -0.2) is 42.2 Å². The molecule has 1 aromatic carbocycles. The molecular weight excluding hydrogens is 380 g/mol. The van der Waals surface area contributed by atoms with Crippen LogP contribution in [0, 0.1) is 5.92 Å². The molecule has 9 heteroatoms. The minimum Gasteiger partial charge on any atom is -0.364 e. The molecule has 3 rings (SSSR count). The second-order valence-electron chi connectivity index (χ2n) is 6.92. The average molecular weight is 404 g/mol. The molecule has 0 spiro atoms. The summed E-state index contributed by atoms with van der Waals surface area (Å²) in [6.45, 7) is 0.969. The van der Waals surface area contributed by atoms with Crippen LogP contribution in [0.25, 0.3) is 0 Å². The van der Waals surface area contributed by atoms with E-state index in [9.17, 15) is 18.0 Å². The largest absolute Gasteiger partial charge is 0.364 e. The Balaban J connectivity index is 1.59. The first-order chi connectivity index (χ1) is 13.3. The van der Waals surface area contributed by atoms with Gasteiger partial charge in [-0.1, -0.05) is 30.3 Å². The van der Waals surface area contributed by atoms with Gasteiger partial charge in [0.15, 0.2) is 0 Å². The van der Waals surface area contributed by atoms with Gasteiger partial charge >= 0.3 is 0 Å². The summed E-state index contributed by atoms with van der Waals surface area (Å²) >= 11 is 0. The van der Waals surface area contributed by atoms with Crippen LogP contribution < -0.4 is 11.1 Å². The van der Waals surface area contributed by atoms with Crippen molar-refractivity contribution >= 4 is 21.8 Å². The quantitative estimate of drug-likeness (QED) is 0.742. The minimum absolute atomic E-state index is 0.0378. The number of aryl methyl sites for hydroxylation is 1. The second-order valence-corrected chi connectivity index (χ2v) is 8.86. The molecule has 0 radical (unpaired) electrons. The van der Waals surface area contributed by atoms with E-state index in [-0.39, 0.29) is 35.5 Å². The molecule has 1 aliphatic rings. The summed E-state index contributed by atoms with van der Waals surface area (Å²) in [5, 5.41) is 2.92. The minimum atomic E-state index is -3.73. The van der Waals surface area contributed by atoms with E-state index in [1.165, 1.54) is 21.1 Å². The number of piperidine rings is 1. The summed E-state index contributed by atoms with van der Waals surface area (Å²) in [7, 11) is -2.16. The Hall–Kier alpha value is -2.65. The Kier molecular flexibility index (Phi) is 5.85.